The largest absolute Gasteiger partial charge is 0.354 e. The Balaban J connectivity index is 1.36. The van der Waals surface area contributed by atoms with Crippen molar-refractivity contribution in [3.63, 3.8) is 0 Å². The zero-order valence-corrected chi connectivity index (χ0v) is 19.5. The minimum atomic E-state index is -0.295. The van der Waals surface area contributed by atoms with Gasteiger partial charge >= 0.3 is 0 Å². The van der Waals surface area contributed by atoms with Gasteiger partial charge in [0.15, 0.2) is 0 Å². The second-order valence-electron chi connectivity index (χ2n) is 10.4. The van der Waals surface area contributed by atoms with E-state index in [-0.39, 0.29) is 23.8 Å². The summed E-state index contributed by atoms with van der Waals surface area (Å²) in [7, 11) is 0. The summed E-state index contributed by atoms with van der Waals surface area (Å²) in [6, 6.07) is 10.6. The molecule has 3 N–H and O–H groups in total. The molecule has 1 aliphatic heterocycles. The first-order valence-corrected chi connectivity index (χ1v) is 13.0. The molecule has 3 fully saturated rings. The number of benzene rings is 1. The van der Waals surface area contributed by atoms with Crippen molar-refractivity contribution in [1.82, 2.24) is 10.2 Å². The van der Waals surface area contributed by atoms with E-state index in [4.69, 9.17) is 5.73 Å². The van der Waals surface area contributed by atoms with E-state index in [1.165, 1.54) is 37.7 Å². The molecule has 1 aromatic rings. The Bertz CT molecular complexity index is 739. The van der Waals surface area contributed by atoms with Crippen LogP contribution < -0.4 is 11.1 Å². The van der Waals surface area contributed by atoms with Gasteiger partial charge in [0.2, 0.25) is 11.8 Å². The summed E-state index contributed by atoms with van der Waals surface area (Å²) in [5.41, 5.74) is 7.29. The number of nitrogens with two attached hydrogens (primary N) is 1. The van der Waals surface area contributed by atoms with Gasteiger partial charge in [-0.15, -0.1) is 0 Å². The summed E-state index contributed by atoms with van der Waals surface area (Å²) in [4.78, 5) is 28.3. The SMILES string of the molecule is NC1CCC(CNC(=O)[C@@H]2CCCN2C(=O)C[C@H](c2ccccc2)C2CCCCC2)CC1. The standard InChI is InChI=1S/C27H41N3O2/c28-23-15-13-20(14-16-23)19-29-27(32)25-12-7-17-30(25)26(31)18-24(21-8-3-1-4-9-21)22-10-5-2-6-11-22/h1,3-4,8-9,20,22-25H,2,5-7,10-19,28H2,(H,29,32)/t20?,23?,24-,25+/m1/s1. The number of likely N-dealkylation sites (tertiary alicyclic amines) is 1. The Hall–Kier alpha value is -1.88. The zero-order chi connectivity index (χ0) is 22.3. The number of carbonyl (C=O) groups is 2. The van der Waals surface area contributed by atoms with Crippen LogP contribution >= 0.6 is 0 Å². The van der Waals surface area contributed by atoms with Gasteiger partial charge in [0, 0.05) is 25.6 Å². The van der Waals surface area contributed by atoms with Crippen molar-refractivity contribution in [2.45, 2.75) is 95.1 Å². The topological polar surface area (TPSA) is 75.4 Å². The second-order valence-corrected chi connectivity index (χ2v) is 10.4. The monoisotopic (exact) mass is 439 g/mol. The van der Waals surface area contributed by atoms with Crippen LogP contribution in [-0.4, -0.2) is 41.9 Å². The molecule has 2 amide bonds. The molecule has 5 heteroatoms. The van der Waals surface area contributed by atoms with Crippen LogP contribution in [0, 0.1) is 11.8 Å². The van der Waals surface area contributed by atoms with Crippen molar-refractivity contribution in [3.05, 3.63) is 35.9 Å². The molecule has 0 aromatic heterocycles. The van der Waals surface area contributed by atoms with Crippen LogP contribution in [0.15, 0.2) is 30.3 Å². The molecule has 2 aliphatic carbocycles. The van der Waals surface area contributed by atoms with Crippen LogP contribution in [0.1, 0.15) is 88.5 Å². The lowest BCUT2D eigenvalue weighted by Crippen LogP contribution is -2.47. The molecule has 1 aromatic carbocycles. The molecule has 2 saturated carbocycles. The quantitative estimate of drug-likeness (QED) is 0.663. The first-order valence-electron chi connectivity index (χ1n) is 13.0. The number of amides is 2. The van der Waals surface area contributed by atoms with Crippen LogP contribution in [0.2, 0.25) is 0 Å². The van der Waals surface area contributed by atoms with E-state index < -0.39 is 0 Å². The van der Waals surface area contributed by atoms with Gasteiger partial charge in [0.25, 0.3) is 0 Å². The lowest BCUT2D eigenvalue weighted by atomic mass is 9.75. The Kier molecular flexibility index (Phi) is 8.23. The number of rotatable bonds is 7. The van der Waals surface area contributed by atoms with E-state index in [2.05, 4.69) is 29.6 Å². The normalized spacial score (nSPS) is 27.8. The van der Waals surface area contributed by atoms with Crippen LogP contribution in [-0.2, 0) is 9.59 Å². The van der Waals surface area contributed by atoms with E-state index in [0.29, 0.717) is 30.8 Å². The maximum Gasteiger partial charge on any atom is 0.242 e. The summed E-state index contributed by atoms with van der Waals surface area (Å²) in [6.07, 6.45) is 12.8. The maximum absolute atomic E-state index is 13.5. The fraction of sp³-hybridized carbons (Fsp3) is 0.704. The highest BCUT2D eigenvalue weighted by molar-refractivity contribution is 5.88. The van der Waals surface area contributed by atoms with E-state index in [9.17, 15) is 9.59 Å². The Morgan fingerprint density at radius 2 is 1.66 bits per heavy atom. The van der Waals surface area contributed by atoms with Gasteiger partial charge in [0.1, 0.15) is 6.04 Å². The van der Waals surface area contributed by atoms with Crippen LogP contribution in [0.4, 0.5) is 0 Å². The summed E-state index contributed by atoms with van der Waals surface area (Å²) in [6.45, 7) is 1.43. The summed E-state index contributed by atoms with van der Waals surface area (Å²) < 4.78 is 0. The molecule has 0 radical (unpaired) electrons. The van der Waals surface area contributed by atoms with Gasteiger partial charge in [-0.2, -0.15) is 0 Å². The first-order chi connectivity index (χ1) is 15.6. The summed E-state index contributed by atoms with van der Waals surface area (Å²) in [5, 5.41) is 3.17. The number of carbonyl (C=O) groups excluding carboxylic acids is 2. The smallest absolute Gasteiger partial charge is 0.242 e. The Morgan fingerprint density at radius 3 is 2.38 bits per heavy atom. The van der Waals surface area contributed by atoms with Crippen molar-refractivity contribution in [1.29, 1.82) is 0 Å². The average molecular weight is 440 g/mol. The van der Waals surface area contributed by atoms with Crippen molar-refractivity contribution in [2.75, 3.05) is 13.1 Å². The highest BCUT2D eigenvalue weighted by Crippen LogP contribution is 2.39. The zero-order valence-electron chi connectivity index (χ0n) is 19.5. The number of hydrogen-bond acceptors (Lipinski definition) is 3. The van der Waals surface area contributed by atoms with Crippen LogP contribution in [0.3, 0.4) is 0 Å². The van der Waals surface area contributed by atoms with Crippen molar-refractivity contribution >= 4 is 11.8 Å². The lowest BCUT2D eigenvalue weighted by molar-refractivity contribution is -0.139. The van der Waals surface area contributed by atoms with E-state index in [0.717, 1.165) is 45.1 Å². The molecule has 5 nitrogen and oxygen atoms in total. The summed E-state index contributed by atoms with van der Waals surface area (Å²) >= 11 is 0. The molecule has 1 saturated heterocycles. The van der Waals surface area contributed by atoms with Gasteiger partial charge in [-0.1, -0.05) is 49.6 Å². The minimum absolute atomic E-state index is 0.0413. The number of hydrogen-bond donors (Lipinski definition) is 2. The number of nitrogens with one attached hydrogen (secondary N) is 1. The molecule has 32 heavy (non-hydrogen) atoms. The number of nitrogens with zero attached hydrogens (tertiary/aromatic N) is 1. The van der Waals surface area contributed by atoms with Crippen LogP contribution in [0.5, 0.6) is 0 Å². The predicted octanol–water partition coefficient (Wildman–Crippen LogP) is 4.37. The Morgan fingerprint density at radius 1 is 0.938 bits per heavy atom. The van der Waals surface area contributed by atoms with Gasteiger partial charge in [-0.3, -0.25) is 9.59 Å². The fourth-order valence-corrected chi connectivity index (χ4v) is 6.19. The van der Waals surface area contributed by atoms with E-state index in [1.807, 2.05) is 11.0 Å². The van der Waals surface area contributed by atoms with Crippen molar-refractivity contribution < 1.29 is 9.59 Å². The van der Waals surface area contributed by atoms with E-state index in [1.54, 1.807) is 0 Å². The van der Waals surface area contributed by atoms with Gasteiger partial charge < -0.3 is 16.0 Å². The van der Waals surface area contributed by atoms with Gasteiger partial charge in [-0.25, -0.2) is 0 Å². The highest BCUT2D eigenvalue weighted by Gasteiger charge is 2.36. The third-order valence-corrected chi connectivity index (χ3v) is 8.17. The molecular formula is C27H41N3O2. The van der Waals surface area contributed by atoms with Crippen molar-refractivity contribution in [3.8, 4) is 0 Å². The average Bonchev–Trinajstić information content (AvgIpc) is 3.33. The van der Waals surface area contributed by atoms with Crippen LogP contribution in [0.25, 0.3) is 0 Å². The molecule has 2 atom stereocenters. The van der Waals surface area contributed by atoms with Crippen molar-refractivity contribution in [2.24, 2.45) is 17.6 Å². The molecule has 176 valence electrons. The molecule has 0 spiro atoms. The fourth-order valence-electron chi connectivity index (χ4n) is 6.19. The van der Waals surface area contributed by atoms with E-state index >= 15 is 0 Å². The molecule has 4 rings (SSSR count). The minimum Gasteiger partial charge on any atom is -0.354 e. The molecular weight excluding hydrogens is 398 g/mol. The predicted molar refractivity (Wildman–Crippen MR) is 128 cm³/mol. The lowest BCUT2D eigenvalue weighted by Gasteiger charge is -2.33. The Labute approximate surface area is 193 Å². The third-order valence-electron chi connectivity index (χ3n) is 8.17. The maximum atomic E-state index is 13.5. The first kappa shape index (κ1) is 23.3. The molecule has 3 aliphatic rings. The molecule has 0 unspecified atom stereocenters. The third kappa shape index (κ3) is 5.92. The van der Waals surface area contributed by atoms with Gasteiger partial charge in [0.05, 0.1) is 0 Å². The highest BCUT2D eigenvalue weighted by atomic mass is 16.2. The summed E-state index contributed by atoms with van der Waals surface area (Å²) in [5.74, 6) is 1.56. The molecule has 0 bridgehead atoms. The molecule has 1 heterocycles. The van der Waals surface area contributed by atoms with Gasteiger partial charge in [-0.05, 0) is 74.7 Å². The second kappa shape index (κ2) is 11.3.